The largest absolute Gasteiger partial charge is 0.494 e. The van der Waals surface area contributed by atoms with Gasteiger partial charge in [0.05, 0.1) is 7.11 Å². The van der Waals surface area contributed by atoms with Crippen molar-refractivity contribution in [2.24, 2.45) is 0 Å². The SMILES string of the molecule is COc1cc(C(C)N[C@@H](C)c2ccc(F)cc2)ccc1F. The number of benzene rings is 2. The molecule has 0 heterocycles. The fourth-order valence-electron chi connectivity index (χ4n) is 2.26. The van der Waals surface area contributed by atoms with E-state index in [-0.39, 0.29) is 29.5 Å². The van der Waals surface area contributed by atoms with Gasteiger partial charge >= 0.3 is 0 Å². The highest BCUT2D eigenvalue weighted by atomic mass is 19.1. The van der Waals surface area contributed by atoms with E-state index in [0.29, 0.717) is 0 Å². The fraction of sp³-hybridized carbons (Fsp3) is 0.294. The Hall–Kier alpha value is -1.94. The van der Waals surface area contributed by atoms with Crippen LogP contribution in [-0.2, 0) is 0 Å². The second kappa shape index (κ2) is 6.68. The standard InChI is InChI=1S/C17H19F2NO/c1-11(13-4-7-15(18)8-5-13)20-12(2)14-6-9-16(19)17(10-14)21-3/h4-12,20H,1-3H3/t11-,12?/m0/s1. The minimum atomic E-state index is -0.375. The maximum atomic E-state index is 13.4. The molecule has 21 heavy (non-hydrogen) atoms. The highest BCUT2D eigenvalue weighted by Gasteiger charge is 2.13. The molecule has 2 nitrogen and oxygen atoms in total. The van der Waals surface area contributed by atoms with E-state index < -0.39 is 0 Å². The van der Waals surface area contributed by atoms with Gasteiger partial charge in [0, 0.05) is 12.1 Å². The van der Waals surface area contributed by atoms with Gasteiger partial charge in [-0.3, -0.25) is 0 Å². The molecule has 0 saturated heterocycles. The zero-order valence-corrected chi connectivity index (χ0v) is 12.4. The first-order valence-corrected chi connectivity index (χ1v) is 6.86. The van der Waals surface area contributed by atoms with Crippen LogP contribution in [0.25, 0.3) is 0 Å². The lowest BCUT2D eigenvalue weighted by molar-refractivity contribution is 0.384. The van der Waals surface area contributed by atoms with Gasteiger partial charge < -0.3 is 10.1 Å². The van der Waals surface area contributed by atoms with Gasteiger partial charge in [-0.15, -0.1) is 0 Å². The number of rotatable bonds is 5. The van der Waals surface area contributed by atoms with Crippen molar-refractivity contribution in [1.29, 1.82) is 0 Å². The van der Waals surface area contributed by atoms with Crippen LogP contribution >= 0.6 is 0 Å². The summed E-state index contributed by atoms with van der Waals surface area (Å²) in [5.41, 5.74) is 1.93. The summed E-state index contributed by atoms with van der Waals surface area (Å²) in [4.78, 5) is 0. The molecular weight excluding hydrogens is 272 g/mol. The maximum Gasteiger partial charge on any atom is 0.165 e. The smallest absolute Gasteiger partial charge is 0.165 e. The Kier molecular flexibility index (Phi) is 4.91. The van der Waals surface area contributed by atoms with E-state index in [2.05, 4.69) is 5.32 Å². The van der Waals surface area contributed by atoms with E-state index in [1.54, 1.807) is 24.3 Å². The molecule has 0 radical (unpaired) electrons. The quantitative estimate of drug-likeness (QED) is 0.882. The molecule has 2 rings (SSSR count). The van der Waals surface area contributed by atoms with Crippen LogP contribution in [0.5, 0.6) is 5.75 Å². The van der Waals surface area contributed by atoms with E-state index in [0.717, 1.165) is 11.1 Å². The van der Waals surface area contributed by atoms with Crippen LogP contribution in [0.1, 0.15) is 37.1 Å². The molecule has 0 aliphatic rings. The molecule has 0 aliphatic heterocycles. The molecule has 1 N–H and O–H groups in total. The summed E-state index contributed by atoms with van der Waals surface area (Å²) in [5, 5.41) is 3.40. The molecule has 0 saturated carbocycles. The highest BCUT2D eigenvalue weighted by molar-refractivity contribution is 5.32. The summed E-state index contributed by atoms with van der Waals surface area (Å²) in [5.74, 6) is -0.391. The van der Waals surface area contributed by atoms with Gasteiger partial charge in [0.1, 0.15) is 5.82 Å². The van der Waals surface area contributed by atoms with E-state index in [4.69, 9.17) is 4.74 Å². The van der Waals surface area contributed by atoms with E-state index in [9.17, 15) is 8.78 Å². The Balaban J connectivity index is 2.10. The summed E-state index contributed by atoms with van der Waals surface area (Å²) in [6.07, 6.45) is 0. The summed E-state index contributed by atoms with van der Waals surface area (Å²) < 4.78 is 31.3. The normalized spacial score (nSPS) is 13.8. The minimum absolute atomic E-state index is 0.0135. The number of halogens is 2. The first kappa shape index (κ1) is 15.4. The van der Waals surface area contributed by atoms with E-state index in [1.165, 1.54) is 25.3 Å². The predicted molar refractivity (Wildman–Crippen MR) is 79.3 cm³/mol. The molecule has 2 aromatic rings. The van der Waals surface area contributed by atoms with Crippen molar-refractivity contribution in [1.82, 2.24) is 5.32 Å². The molecular formula is C17H19F2NO. The zero-order chi connectivity index (χ0) is 15.4. The monoisotopic (exact) mass is 291 g/mol. The Labute approximate surface area is 123 Å². The van der Waals surface area contributed by atoms with Gasteiger partial charge in [0.25, 0.3) is 0 Å². The van der Waals surface area contributed by atoms with Crippen molar-refractivity contribution in [3.8, 4) is 5.75 Å². The molecule has 0 aromatic heterocycles. The molecule has 0 amide bonds. The first-order valence-electron chi connectivity index (χ1n) is 6.86. The van der Waals surface area contributed by atoms with Crippen molar-refractivity contribution >= 4 is 0 Å². The average Bonchev–Trinajstić information content (AvgIpc) is 2.48. The topological polar surface area (TPSA) is 21.3 Å². The third-order valence-corrected chi connectivity index (χ3v) is 3.55. The number of nitrogens with one attached hydrogen (secondary N) is 1. The van der Waals surface area contributed by atoms with E-state index in [1.807, 2.05) is 13.8 Å². The second-order valence-electron chi connectivity index (χ2n) is 5.06. The Bertz CT molecular complexity index is 598. The van der Waals surface area contributed by atoms with Crippen LogP contribution in [0.15, 0.2) is 42.5 Å². The van der Waals surface area contributed by atoms with Gasteiger partial charge in [-0.05, 0) is 49.2 Å². The Morgan fingerprint density at radius 2 is 1.48 bits per heavy atom. The summed E-state index contributed by atoms with van der Waals surface area (Å²) >= 11 is 0. The van der Waals surface area contributed by atoms with Gasteiger partial charge in [-0.1, -0.05) is 18.2 Å². The second-order valence-corrected chi connectivity index (χ2v) is 5.06. The molecule has 112 valence electrons. The number of methoxy groups -OCH3 is 1. The molecule has 0 spiro atoms. The summed E-state index contributed by atoms with van der Waals surface area (Å²) in [7, 11) is 1.45. The number of hydrogen-bond donors (Lipinski definition) is 1. The molecule has 0 bridgehead atoms. The Morgan fingerprint density at radius 1 is 0.905 bits per heavy atom. The van der Waals surface area contributed by atoms with Crippen LogP contribution in [0, 0.1) is 11.6 Å². The maximum absolute atomic E-state index is 13.4. The Morgan fingerprint density at radius 3 is 2.10 bits per heavy atom. The van der Waals surface area contributed by atoms with Crippen molar-refractivity contribution in [2.45, 2.75) is 25.9 Å². The first-order chi connectivity index (χ1) is 10.0. The molecule has 2 atom stereocenters. The van der Waals surface area contributed by atoms with Crippen LogP contribution in [0.4, 0.5) is 8.78 Å². The summed E-state index contributed by atoms with van der Waals surface area (Å²) in [6, 6.07) is 11.3. The van der Waals surface area contributed by atoms with Crippen LogP contribution in [0.2, 0.25) is 0 Å². The zero-order valence-electron chi connectivity index (χ0n) is 12.4. The van der Waals surface area contributed by atoms with E-state index >= 15 is 0 Å². The van der Waals surface area contributed by atoms with Gasteiger partial charge in [-0.2, -0.15) is 0 Å². The highest BCUT2D eigenvalue weighted by Crippen LogP contribution is 2.24. The van der Waals surface area contributed by atoms with Crippen LogP contribution in [-0.4, -0.2) is 7.11 Å². The molecule has 1 unspecified atom stereocenters. The molecule has 0 fully saturated rings. The lowest BCUT2D eigenvalue weighted by Crippen LogP contribution is -2.22. The minimum Gasteiger partial charge on any atom is -0.494 e. The number of hydrogen-bond acceptors (Lipinski definition) is 2. The summed E-state index contributed by atoms with van der Waals surface area (Å²) in [6.45, 7) is 4.00. The van der Waals surface area contributed by atoms with Crippen molar-refractivity contribution < 1.29 is 13.5 Å². The lowest BCUT2D eigenvalue weighted by atomic mass is 10.0. The van der Waals surface area contributed by atoms with Gasteiger partial charge in [-0.25, -0.2) is 8.78 Å². The average molecular weight is 291 g/mol. The third kappa shape index (κ3) is 3.79. The lowest BCUT2D eigenvalue weighted by Gasteiger charge is -2.21. The number of ether oxygens (including phenoxy) is 1. The molecule has 4 heteroatoms. The predicted octanol–water partition coefficient (Wildman–Crippen LogP) is 4.39. The van der Waals surface area contributed by atoms with Crippen molar-refractivity contribution in [3.05, 3.63) is 65.2 Å². The van der Waals surface area contributed by atoms with Gasteiger partial charge in [0.15, 0.2) is 11.6 Å². The molecule has 2 aromatic carbocycles. The van der Waals surface area contributed by atoms with Crippen molar-refractivity contribution in [2.75, 3.05) is 7.11 Å². The third-order valence-electron chi connectivity index (χ3n) is 3.55. The van der Waals surface area contributed by atoms with Crippen LogP contribution < -0.4 is 10.1 Å². The fourth-order valence-corrected chi connectivity index (χ4v) is 2.26. The van der Waals surface area contributed by atoms with Crippen molar-refractivity contribution in [3.63, 3.8) is 0 Å². The van der Waals surface area contributed by atoms with Crippen LogP contribution in [0.3, 0.4) is 0 Å². The van der Waals surface area contributed by atoms with Gasteiger partial charge in [0.2, 0.25) is 0 Å². The molecule has 0 aliphatic carbocycles.